The lowest BCUT2D eigenvalue weighted by molar-refractivity contribution is -0.118. The fraction of sp³-hybridized carbons (Fsp3) is 0.0833. The normalized spacial score (nSPS) is 11.5. The van der Waals surface area contributed by atoms with Crippen molar-refractivity contribution in [2.75, 3.05) is 5.32 Å². The Morgan fingerprint density at radius 1 is 0.667 bits per heavy atom. The molecule has 6 heteroatoms. The minimum atomic E-state index is -0.776. The predicted octanol–water partition coefficient (Wildman–Crippen LogP) is 7.13. The third-order valence-electron chi connectivity index (χ3n) is 7.04. The molecule has 0 bridgehead atoms. The molecular formula is C36H28N4O2. The highest BCUT2D eigenvalue weighted by Crippen LogP contribution is 2.37. The van der Waals surface area contributed by atoms with Gasteiger partial charge in [0.25, 0.3) is 0 Å². The maximum atomic E-state index is 13.5. The van der Waals surface area contributed by atoms with Crippen molar-refractivity contribution >= 4 is 11.6 Å². The van der Waals surface area contributed by atoms with Crippen LogP contribution in [0.25, 0.3) is 0 Å². The molecule has 1 amide bonds. The van der Waals surface area contributed by atoms with Gasteiger partial charge in [-0.1, -0.05) is 91.0 Å². The Kier molecular flexibility index (Phi) is 8.40. The van der Waals surface area contributed by atoms with Crippen LogP contribution in [0.3, 0.4) is 0 Å². The molecule has 1 atom stereocenters. The fourth-order valence-electron chi connectivity index (χ4n) is 4.97. The molecule has 0 fully saturated rings. The van der Waals surface area contributed by atoms with Crippen molar-refractivity contribution in [2.45, 2.75) is 18.5 Å². The van der Waals surface area contributed by atoms with Crippen LogP contribution in [0.5, 0.6) is 11.5 Å². The summed E-state index contributed by atoms with van der Waals surface area (Å²) in [6.45, 7) is 1.86. The topological polar surface area (TPSA) is 97.9 Å². The van der Waals surface area contributed by atoms with Gasteiger partial charge >= 0.3 is 0 Å². The molecule has 5 rings (SSSR count). The molecule has 6 nitrogen and oxygen atoms in total. The zero-order valence-corrected chi connectivity index (χ0v) is 23.0. The van der Waals surface area contributed by atoms with E-state index in [9.17, 15) is 10.1 Å². The predicted molar refractivity (Wildman–Crippen MR) is 163 cm³/mol. The Balaban J connectivity index is 1.37. The van der Waals surface area contributed by atoms with Gasteiger partial charge in [0.1, 0.15) is 23.6 Å². The number of carbonyl (C=O) groups excluding carboxylic acids is 1. The SMILES string of the molecule is CC(NC(c1ccccc1)(c1ccccc1)c1ccccc1)C(=O)Nc1ccc(Oc2ccc(C#N)c(C#N)c2)cc1. The van der Waals surface area contributed by atoms with Crippen LogP contribution in [0.4, 0.5) is 5.69 Å². The lowest BCUT2D eigenvalue weighted by atomic mass is 9.76. The van der Waals surface area contributed by atoms with Crippen molar-refractivity contribution in [3.63, 3.8) is 0 Å². The number of nitriles is 2. The summed E-state index contributed by atoms with van der Waals surface area (Å²) in [6, 6.07) is 45.5. The van der Waals surface area contributed by atoms with Gasteiger partial charge in [-0.3, -0.25) is 10.1 Å². The lowest BCUT2D eigenvalue weighted by Gasteiger charge is -2.39. The Bertz CT molecular complexity index is 1640. The molecule has 42 heavy (non-hydrogen) atoms. The highest BCUT2D eigenvalue weighted by atomic mass is 16.5. The molecule has 0 saturated heterocycles. The van der Waals surface area contributed by atoms with Gasteiger partial charge in [-0.25, -0.2) is 0 Å². The number of nitrogens with zero attached hydrogens (tertiary/aromatic N) is 2. The van der Waals surface area contributed by atoms with Gasteiger partial charge in [-0.15, -0.1) is 0 Å². The van der Waals surface area contributed by atoms with Crippen molar-refractivity contribution in [3.05, 3.63) is 161 Å². The summed E-state index contributed by atoms with van der Waals surface area (Å²) < 4.78 is 5.86. The molecule has 0 aliphatic heterocycles. The zero-order valence-electron chi connectivity index (χ0n) is 23.0. The molecule has 0 spiro atoms. The van der Waals surface area contributed by atoms with Crippen LogP contribution in [-0.2, 0) is 10.3 Å². The van der Waals surface area contributed by atoms with Gasteiger partial charge in [-0.2, -0.15) is 10.5 Å². The minimum Gasteiger partial charge on any atom is -0.457 e. The van der Waals surface area contributed by atoms with E-state index in [4.69, 9.17) is 10.00 Å². The van der Waals surface area contributed by atoms with Gasteiger partial charge in [0.15, 0.2) is 0 Å². The molecule has 0 aliphatic carbocycles. The van der Waals surface area contributed by atoms with Crippen LogP contribution in [0.15, 0.2) is 133 Å². The van der Waals surface area contributed by atoms with E-state index in [-0.39, 0.29) is 11.5 Å². The average molecular weight is 549 g/mol. The molecule has 204 valence electrons. The van der Waals surface area contributed by atoms with Gasteiger partial charge in [0, 0.05) is 5.69 Å². The van der Waals surface area contributed by atoms with E-state index in [1.54, 1.807) is 36.4 Å². The molecule has 5 aromatic carbocycles. The van der Waals surface area contributed by atoms with E-state index < -0.39 is 11.6 Å². The van der Waals surface area contributed by atoms with E-state index in [0.29, 0.717) is 22.7 Å². The largest absolute Gasteiger partial charge is 0.457 e. The van der Waals surface area contributed by atoms with Gasteiger partial charge < -0.3 is 10.1 Å². The van der Waals surface area contributed by atoms with Crippen LogP contribution in [0, 0.1) is 22.7 Å². The third-order valence-corrected chi connectivity index (χ3v) is 7.04. The number of carbonyl (C=O) groups is 1. The first-order chi connectivity index (χ1) is 20.5. The van der Waals surface area contributed by atoms with Crippen LogP contribution in [0.1, 0.15) is 34.7 Å². The van der Waals surface area contributed by atoms with Gasteiger partial charge in [0.2, 0.25) is 5.91 Å². The number of hydrogen-bond donors (Lipinski definition) is 2. The molecule has 0 aliphatic rings. The van der Waals surface area contributed by atoms with Crippen molar-refractivity contribution in [1.29, 1.82) is 10.5 Å². The summed E-state index contributed by atoms with van der Waals surface area (Å²) in [5.74, 6) is 0.782. The molecule has 0 radical (unpaired) electrons. The third kappa shape index (κ3) is 5.90. The minimum absolute atomic E-state index is 0.193. The maximum absolute atomic E-state index is 13.5. The number of benzene rings is 5. The molecule has 0 heterocycles. The number of nitrogens with one attached hydrogen (secondary N) is 2. The van der Waals surface area contributed by atoms with E-state index >= 15 is 0 Å². The number of hydrogen-bond acceptors (Lipinski definition) is 5. The molecule has 0 saturated carbocycles. The quantitative estimate of drug-likeness (QED) is 0.191. The number of rotatable bonds is 9. The van der Waals surface area contributed by atoms with Crippen LogP contribution < -0.4 is 15.4 Å². The highest BCUT2D eigenvalue weighted by molar-refractivity contribution is 5.94. The number of anilines is 1. The summed E-state index contributed by atoms with van der Waals surface area (Å²) in [5.41, 5.74) is 3.44. The summed E-state index contributed by atoms with van der Waals surface area (Å²) in [4.78, 5) is 13.5. The van der Waals surface area contributed by atoms with E-state index in [1.165, 1.54) is 6.07 Å². The summed E-state index contributed by atoms with van der Waals surface area (Å²) >= 11 is 0. The molecule has 2 N–H and O–H groups in total. The number of amides is 1. The second-order valence-corrected chi connectivity index (χ2v) is 9.76. The van der Waals surface area contributed by atoms with Crippen LogP contribution in [-0.4, -0.2) is 11.9 Å². The monoisotopic (exact) mass is 548 g/mol. The zero-order chi connectivity index (χ0) is 29.4. The van der Waals surface area contributed by atoms with E-state index in [2.05, 4.69) is 47.0 Å². The second kappa shape index (κ2) is 12.7. The summed E-state index contributed by atoms with van der Waals surface area (Å²) in [5, 5.41) is 25.1. The van der Waals surface area contributed by atoms with Gasteiger partial charge in [0.05, 0.1) is 22.7 Å². The Labute approximate surface area is 245 Å². The lowest BCUT2D eigenvalue weighted by Crippen LogP contribution is -2.52. The highest BCUT2D eigenvalue weighted by Gasteiger charge is 2.38. The second-order valence-electron chi connectivity index (χ2n) is 9.76. The van der Waals surface area contributed by atoms with Crippen molar-refractivity contribution in [3.8, 4) is 23.6 Å². The first-order valence-electron chi connectivity index (χ1n) is 13.5. The first-order valence-corrected chi connectivity index (χ1v) is 13.5. The molecule has 1 unspecified atom stereocenters. The van der Waals surface area contributed by atoms with Crippen LogP contribution >= 0.6 is 0 Å². The maximum Gasteiger partial charge on any atom is 0.241 e. The standard InChI is InChI=1S/C36H28N4O2/c1-26(35(41)39-32-18-21-33(22-19-32)42-34-20-17-27(24-37)28(23-34)25-38)40-36(29-11-5-2-6-12-29,30-13-7-3-8-14-30)31-15-9-4-10-16-31/h2-23,26,40H,1H3,(H,39,41). The van der Waals surface area contributed by atoms with Gasteiger partial charge in [-0.05, 0) is 66.1 Å². The van der Waals surface area contributed by atoms with Crippen LogP contribution in [0.2, 0.25) is 0 Å². The Morgan fingerprint density at radius 3 is 1.62 bits per heavy atom. The van der Waals surface area contributed by atoms with Crippen molar-refractivity contribution < 1.29 is 9.53 Å². The average Bonchev–Trinajstić information content (AvgIpc) is 3.05. The molecule has 0 aromatic heterocycles. The van der Waals surface area contributed by atoms with E-state index in [0.717, 1.165) is 16.7 Å². The number of ether oxygens (including phenoxy) is 1. The summed E-state index contributed by atoms with van der Waals surface area (Å²) in [7, 11) is 0. The Hall–Kier alpha value is -5.69. The smallest absolute Gasteiger partial charge is 0.241 e. The first kappa shape index (κ1) is 27.9. The van der Waals surface area contributed by atoms with E-state index in [1.807, 2.05) is 73.7 Å². The molecule has 5 aromatic rings. The summed E-state index contributed by atoms with van der Waals surface area (Å²) in [6.07, 6.45) is 0. The van der Waals surface area contributed by atoms with Crippen molar-refractivity contribution in [1.82, 2.24) is 5.32 Å². The van der Waals surface area contributed by atoms with Crippen molar-refractivity contribution in [2.24, 2.45) is 0 Å². The Morgan fingerprint density at radius 2 is 1.14 bits per heavy atom. The molecular weight excluding hydrogens is 520 g/mol. The fourth-order valence-corrected chi connectivity index (χ4v) is 4.97.